The van der Waals surface area contributed by atoms with E-state index in [2.05, 4.69) is 20.1 Å². The number of alkyl halides is 1. The summed E-state index contributed by atoms with van der Waals surface area (Å²) in [5.74, 6) is -0.166. The molecule has 3 rings (SSSR count). The molecule has 2 aromatic heterocycles. The van der Waals surface area contributed by atoms with E-state index < -0.39 is 36.8 Å². The number of nitrogens with two attached hydrogens (primary N) is 1. The van der Waals surface area contributed by atoms with Crippen LogP contribution in [0, 0.1) is 6.08 Å². The van der Waals surface area contributed by atoms with Crippen LogP contribution < -0.4 is 5.73 Å². The lowest BCUT2D eigenvalue weighted by atomic mass is 10.0. The van der Waals surface area contributed by atoms with Crippen molar-refractivity contribution in [2.45, 2.75) is 24.1 Å². The number of nitrogen functional groups attached to an aromatic ring is 1. The average Bonchev–Trinajstić information content (AvgIpc) is 3.03. The smallest absolute Gasteiger partial charge is 0.327 e. The van der Waals surface area contributed by atoms with Gasteiger partial charge in [-0.1, -0.05) is 5.11 Å². The first-order valence-electron chi connectivity index (χ1n) is 6.41. The first-order valence-corrected chi connectivity index (χ1v) is 6.41. The van der Waals surface area contributed by atoms with Crippen molar-refractivity contribution in [3.05, 3.63) is 34.3 Å². The number of halogens is 2. The Kier molecular flexibility index (Phi) is 3.53. The Hall–Kier alpha value is -2.53. The summed E-state index contributed by atoms with van der Waals surface area (Å²) >= 11 is 0. The molecule has 0 spiro atoms. The van der Waals surface area contributed by atoms with Crippen LogP contribution in [0.4, 0.5) is 14.6 Å². The van der Waals surface area contributed by atoms with Gasteiger partial charge in [0.15, 0.2) is 17.7 Å². The van der Waals surface area contributed by atoms with Gasteiger partial charge in [-0.2, -0.15) is 9.37 Å². The largest absolute Gasteiger partial charge is 0.393 e. The maximum atomic E-state index is 14.4. The third-order valence-electron chi connectivity index (χ3n) is 3.66. The molecule has 0 radical (unpaired) electrons. The highest BCUT2D eigenvalue weighted by Gasteiger charge is 2.56. The molecule has 2 aromatic rings. The highest BCUT2D eigenvalue weighted by atomic mass is 19.1. The van der Waals surface area contributed by atoms with E-state index in [1.807, 2.05) is 0 Å². The molecule has 0 bridgehead atoms. The number of nitrogens with zero attached hydrogens (tertiary/aromatic N) is 6. The number of ether oxygens (including phenoxy) is 1. The second-order valence-electron chi connectivity index (χ2n) is 4.94. The number of aliphatic hydroxyl groups is 2. The molecular formula is C11H11F2N7O3. The molecule has 12 heteroatoms. The fourth-order valence-electron chi connectivity index (χ4n) is 2.54. The normalized spacial score (nSPS) is 30.5. The standard InChI is InChI=1S/C11H11F2N7O3/c12-6-7(23-11(3-21,8(6)22)18-19-15)4-1-2-5-9(14)16-10(13)17-20(4)5/h1-2,6-8,21-22H,3H2,(H2,14,16,17)/t6-,7-,8-,11+/m0/s1. The van der Waals surface area contributed by atoms with Crippen molar-refractivity contribution < 1.29 is 23.7 Å². The van der Waals surface area contributed by atoms with Crippen molar-refractivity contribution >= 4 is 11.3 Å². The zero-order chi connectivity index (χ0) is 16.8. The summed E-state index contributed by atoms with van der Waals surface area (Å²) in [6, 6.07) is 2.77. The van der Waals surface area contributed by atoms with Crippen LogP contribution in [0.2, 0.25) is 0 Å². The Bertz CT molecular complexity index is 808. The van der Waals surface area contributed by atoms with Crippen molar-refractivity contribution in [2.24, 2.45) is 5.11 Å². The van der Waals surface area contributed by atoms with Crippen LogP contribution in [0.3, 0.4) is 0 Å². The van der Waals surface area contributed by atoms with Crippen molar-refractivity contribution in [1.29, 1.82) is 0 Å². The van der Waals surface area contributed by atoms with E-state index in [0.717, 1.165) is 4.52 Å². The summed E-state index contributed by atoms with van der Waals surface area (Å²) < 4.78 is 34.0. The van der Waals surface area contributed by atoms with Crippen LogP contribution >= 0.6 is 0 Å². The minimum Gasteiger partial charge on any atom is -0.393 e. The van der Waals surface area contributed by atoms with E-state index >= 15 is 0 Å². The molecule has 0 amide bonds. The highest BCUT2D eigenvalue weighted by Crippen LogP contribution is 2.43. The van der Waals surface area contributed by atoms with E-state index in [-0.39, 0.29) is 17.0 Å². The number of fused-ring (bicyclic) bond motifs is 1. The molecule has 10 nitrogen and oxygen atoms in total. The van der Waals surface area contributed by atoms with Crippen LogP contribution in [-0.4, -0.2) is 49.4 Å². The zero-order valence-corrected chi connectivity index (χ0v) is 11.4. The van der Waals surface area contributed by atoms with Gasteiger partial charge in [0.1, 0.15) is 17.7 Å². The predicted octanol–water partition coefficient (Wildman–Crippen LogP) is 0.220. The summed E-state index contributed by atoms with van der Waals surface area (Å²) in [6.07, 6.45) is -6.56. The van der Waals surface area contributed by atoms with Crippen molar-refractivity contribution in [2.75, 3.05) is 12.3 Å². The molecule has 1 aliphatic rings. The number of hydrogen-bond donors (Lipinski definition) is 3. The monoisotopic (exact) mass is 327 g/mol. The fourth-order valence-corrected chi connectivity index (χ4v) is 2.54. The number of anilines is 1. The number of aromatic nitrogens is 3. The van der Waals surface area contributed by atoms with Gasteiger partial charge in [-0.25, -0.2) is 8.91 Å². The summed E-state index contributed by atoms with van der Waals surface area (Å²) in [5, 5.41) is 25.9. The average molecular weight is 327 g/mol. The van der Waals surface area contributed by atoms with Gasteiger partial charge in [-0.05, 0) is 17.7 Å². The lowest BCUT2D eigenvalue weighted by molar-refractivity contribution is -0.108. The molecule has 3 heterocycles. The van der Waals surface area contributed by atoms with E-state index in [9.17, 15) is 19.0 Å². The molecule has 1 fully saturated rings. The highest BCUT2D eigenvalue weighted by molar-refractivity contribution is 5.65. The molecule has 0 aliphatic carbocycles. The van der Waals surface area contributed by atoms with Crippen LogP contribution in [-0.2, 0) is 4.74 Å². The molecule has 0 saturated carbocycles. The van der Waals surface area contributed by atoms with Gasteiger partial charge in [0, 0.05) is 4.91 Å². The number of aliphatic hydroxyl groups excluding tert-OH is 2. The Morgan fingerprint density at radius 3 is 2.96 bits per heavy atom. The zero-order valence-electron chi connectivity index (χ0n) is 11.4. The quantitative estimate of drug-likeness (QED) is 0.416. The molecule has 4 atom stereocenters. The van der Waals surface area contributed by atoms with E-state index in [0.29, 0.717) is 0 Å². The van der Waals surface area contributed by atoms with Crippen LogP contribution in [0.15, 0.2) is 17.2 Å². The van der Waals surface area contributed by atoms with Crippen molar-refractivity contribution in [3.63, 3.8) is 0 Å². The fraction of sp³-hybridized carbons (Fsp3) is 0.455. The molecule has 1 saturated heterocycles. The number of rotatable bonds is 3. The summed E-state index contributed by atoms with van der Waals surface area (Å²) in [5.41, 5.74) is 12.1. The lowest BCUT2D eigenvalue weighted by Crippen LogP contribution is -2.43. The van der Waals surface area contributed by atoms with Gasteiger partial charge in [-0.3, -0.25) is 0 Å². The van der Waals surface area contributed by atoms with Gasteiger partial charge >= 0.3 is 6.08 Å². The SMILES string of the molecule is [N-]=[N+]=N[C@]1(CO)O[C@@H](c2ccc3c(N)nc(F)nn23)[C@H](F)[C@@H]1O. The topological polar surface area (TPSA) is 155 Å². The second kappa shape index (κ2) is 5.28. The van der Waals surface area contributed by atoms with Crippen LogP contribution in [0.25, 0.3) is 16.0 Å². The molecule has 1 aliphatic heterocycles. The van der Waals surface area contributed by atoms with Gasteiger partial charge in [0.2, 0.25) is 0 Å². The van der Waals surface area contributed by atoms with E-state index in [4.69, 9.17) is 16.0 Å². The van der Waals surface area contributed by atoms with Crippen LogP contribution in [0.1, 0.15) is 11.8 Å². The molecule has 23 heavy (non-hydrogen) atoms. The first-order chi connectivity index (χ1) is 10.9. The lowest BCUT2D eigenvalue weighted by Gasteiger charge is -2.23. The van der Waals surface area contributed by atoms with Crippen molar-refractivity contribution in [3.8, 4) is 0 Å². The summed E-state index contributed by atoms with van der Waals surface area (Å²) in [6.45, 7) is -0.941. The molecular weight excluding hydrogens is 316 g/mol. The maximum absolute atomic E-state index is 14.4. The van der Waals surface area contributed by atoms with Crippen LogP contribution in [0.5, 0.6) is 0 Å². The second-order valence-corrected chi connectivity index (χ2v) is 4.94. The van der Waals surface area contributed by atoms with Gasteiger partial charge in [0.25, 0.3) is 0 Å². The summed E-state index contributed by atoms with van der Waals surface area (Å²) in [7, 11) is 0. The van der Waals surface area contributed by atoms with Gasteiger partial charge in [0.05, 0.1) is 12.3 Å². The molecule has 0 aromatic carbocycles. The van der Waals surface area contributed by atoms with E-state index in [1.165, 1.54) is 12.1 Å². The third kappa shape index (κ3) is 2.16. The van der Waals surface area contributed by atoms with Gasteiger partial charge < -0.3 is 20.7 Å². The molecule has 122 valence electrons. The molecule has 4 N–H and O–H groups in total. The third-order valence-corrected chi connectivity index (χ3v) is 3.66. The molecule has 0 unspecified atom stereocenters. The predicted molar refractivity (Wildman–Crippen MR) is 71.0 cm³/mol. The first kappa shape index (κ1) is 15.4. The Morgan fingerprint density at radius 1 is 1.57 bits per heavy atom. The Morgan fingerprint density at radius 2 is 2.30 bits per heavy atom. The minimum atomic E-state index is -2.18. The van der Waals surface area contributed by atoms with Gasteiger partial charge in [-0.15, -0.1) is 5.10 Å². The Balaban J connectivity index is 2.11. The Labute approximate surface area is 126 Å². The minimum absolute atomic E-state index is 0.0167. The summed E-state index contributed by atoms with van der Waals surface area (Å²) in [4.78, 5) is 5.79. The number of azide groups is 1. The van der Waals surface area contributed by atoms with E-state index in [1.54, 1.807) is 0 Å². The maximum Gasteiger partial charge on any atom is 0.327 e. The number of hydrogen-bond acceptors (Lipinski definition) is 7. The van der Waals surface area contributed by atoms with Crippen molar-refractivity contribution in [1.82, 2.24) is 14.6 Å².